The highest BCUT2D eigenvalue weighted by Gasteiger charge is 2.25. The van der Waals surface area contributed by atoms with Gasteiger partial charge >= 0.3 is 0 Å². The standard InChI is InChI=1S/C19H16BrN3S2/c20-13-5-6-15-17(11-13)25-19(22-15)23-9-7-12(8-10-23)18-21-14-3-1-2-4-16(14)24-18/h1-6,11-12H,7-10H2. The Bertz CT molecular complexity index is 1010. The molecule has 2 aromatic carbocycles. The van der Waals surface area contributed by atoms with E-state index in [-0.39, 0.29) is 0 Å². The molecular formula is C19H16BrN3S2. The minimum Gasteiger partial charge on any atom is -0.348 e. The monoisotopic (exact) mass is 429 g/mol. The van der Waals surface area contributed by atoms with Gasteiger partial charge in [-0.25, -0.2) is 9.97 Å². The van der Waals surface area contributed by atoms with Crippen LogP contribution in [0.4, 0.5) is 5.13 Å². The van der Waals surface area contributed by atoms with Gasteiger partial charge in [-0.2, -0.15) is 0 Å². The van der Waals surface area contributed by atoms with Gasteiger partial charge in [0.2, 0.25) is 0 Å². The summed E-state index contributed by atoms with van der Waals surface area (Å²) in [7, 11) is 0. The van der Waals surface area contributed by atoms with Gasteiger partial charge in [-0.3, -0.25) is 0 Å². The zero-order chi connectivity index (χ0) is 16.8. The number of benzene rings is 2. The molecule has 3 nitrogen and oxygen atoms in total. The van der Waals surface area contributed by atoms with Gasteiger partial charge in [0.05, 0.1) is 25.4 Å². The third kappa shape index (κ3) is 2.96. The second-order valence-electron chi connectivity index (χ2n) is 6.39. The normalized spacial score (nSPS) is 16.1. The number of thiazole rings is 2. The molecule has 5 rings (SSSR count). The number of rotatable bonds is 2. The first-order chi connectivity index (χ1) is 12.3. The summed E-state index contributed by atoms with van der Waals surface area (Å²) in [5, 5.41) is 2.45. The van der Waals surface area contributed by atoms with Crippen LogP contribution < -0.4 is 4.90 Å². The molecule has 0 amide bonds. The zero-order valence-electron chi connectivity index (χ0n) is 13.5. The van der Waals surface area contributed by atoms with E-state index in [4.69, 9.17) is 9.97 Å². The fraction of sp³-hybridized carbons (Fsp3) is 0.263. The van der Waals surface area contributed by atoms with Crippen molar-refractivity contribution in [2.75, 3.05) is 18.0 Å². The van der Waals surface area contributed by atoms with Gasteiger partial charge in [-0.1, -0.05) is 39.4 Å². The largest absolute Gasteiger partial charge is 0.348 e. The molecule has 1 saturated heterocycles. The molecular weight excluding hydrogens is 414 g/mol. The first-order valence-electron chi connectivity index (χ1n) is 8.43. The van der Waals surface area contributed by atoms with Crippen molar-refractivity contribution < 1.29 is 0 Å². The molecule has 2 aromatic heterocycles. The lowest BCUT2D eigenvalue weighted by Crippen LogP contribution is -2.32. The fourth-order valence-electron chi connectivity index (χ4n) is 3.40. The molecule has 1 aliphatic rings. The van der Waals surface area contributed by atoms with Gasteiger partial charge < -0.3 is 4.90 Å². The number of nitrogens with zero attached hydrogens (tertiary/aromatic N) is 3. The summed E-state index contributed by atoms with van der Waals surface area (Å²) in [5.74, 6) is 0.581. The molecule has 3 heterocycles. The maximum absolute atomic E-state index is 4.86. The quantitative estimate of drug-likeness (QED) is 0.388. The third-order valence-corrected chi connectivity index (χ3v) is 7.54. The summed E-state index contributed by atoms with van der Waals surface area (Å²) in [6.07, 6.45) is 2.30. The van der Waals surface area contributed by atoms with Crippen LogP contribution in [0, 0.1) is 0 Å². The molecule has 4 aromatic rings. The smallest absolute Gasteiger partial charge is 0.186 e. The molecule has 0 radical (unpaired) electrons. The van der Waals surface area contributed by atoms with Gasteiger partial charge in [-0.15, -0.1) is 11.3 Å². The highest BCUT2D eigenvalue weighted by Crippen LogP contribution is 2.37. The summed E-state index contributed by atoms with van der Waals surface area (Å²) in [6.45, 7) is 2.11. The van der Waals surface area contributed by atoms with Crippen LogP contribution in [-0.4, -0.2) is 23.1 Å². The predicted octanol–water partition coefficient (Wildman–Crippen LogP) is 6.05. The van der Waals surface area contributed by atoms with Gasteiger partial charge in [-0.05, 0) is 43.2 Å². The van der Waals surface area contributed by atoms with Crippen molar-refractivity contribution in [3.63, 3.8) is 0 Å². The lowest BCUT2D eigenvalue weighted by Gasteiger charge is -2.30. The van der Waals surface area contributed by atoms with E-state index in [1.165, 1.54) is 14.4 Å². The fourth-order valence-corrected chi connectivity index (χ4v) is 6.11. The van der Waals surface area contributed by atoms with E-state index < -0.39 is 0 Å². The third-order valence-electron chi connectivity index (χ3n) is 4.76. The Balaban J connectivity index is 1.34. The van der Waals surface area contributed by atoms with Gasteiger partial charge in [0, 0.05) is 23.5 Å². The number of para-hydroxylation sites is 1. The number of hydrogen-bond donors (Lipinski definition) is 0. The van der Waals surface area contributed by atoms with Crippen molar-refractivity contribution >= 4 is 64.2 Å². The van der Waals surface area contributed by atoms with E-state index in [0.29, 0.717) is 5.92 Å². The highest BCUT2D eigenvalue weighted by atomic mass is 79.9. The molecule has 0 N–H and O–H groups in total. The Morgan fingerprint density at radius 3 is 2.56 bits per heavy atom. The molecule has 25 heavy (non-hydrogen) atoms. The van der Waals surface area contributed by atoms with Crippen LogP contribution in [0.2, 0.25) is 0 Å². The molecule has 0 unspecified atom stereocenters. The van der Waals surface area contributed by atoms with Crippen molar-refractivity contribution in [2.45, 2.75) is 18.8 Å². The van der Waals surface area contributed by atoms with Crippen LogP contribution in [0.25, 0.3) is 20.4 Å². The number of hydrogen-bond acceptors (Lipinski definition) is 5. The molecule has 0 bridgehead atoms. The molecule has 1 fully saturated rings. The number of piperidine rings is 1. The first-order valence-corrected chi connectivity index (χ1v) is 10.9. The average Bonchev–Trinajstić information content (AvgIpc) is 3.25. The summed E-state index contributed by atoms with van der Waals surface area (Å²) >= 11 is 7.19. The molecule has 0 spiro atoms. The minimum atomic E-state index is 0.581. The van der Waals surface area contributed by atoms with Crippen molar-refractivity contribution in [1.29, 1.82) is 0 Å². The lowest BCUT2D eigenvalue weighted by atomic mass is 9.98. The van der Waals surface area contributed by atoms with Gasteiger partial charge in [0.25, 0.3) is 0 Å². The molecule has 1 aliphatic heterocycles. The summed E-state index contributed by atoms with van der Waals surface area (Å²) in [6, 6.07) is 14.8. The number of aromatic nitrogens is 2. The molecule has 126 valence electrons. The molecule has 0 atom stereocenters. The van der Waals surface area contributed by atoms with Crippen molar-refractivity contribution in [3.05, 3.63) is 51.9 Å². The zero-order valence-corrected chi connectivity index (χ0v) is 16.7. The molecule has 0 aliphatic carbocycles. The average molecular weight is 430 g/mol. The van der Waals surface area contributed by atoms with E-state index in [2.05, 4.69) is 63.3 Å². The molecule has 6 heteroatoms. The topological polar surface area (TPSA) is 29.0 Å². The van der Waals surface area contributed by atoms with E-state index in [1.54, 1.807) is 11.3 Å². The lowest BCUT2D eigenvalue weighted by molar-refractivity contribution is 0.504. The van der Waals surface area contributed by atoms with Crippen molar-refractivity contribution in [2.24, 2.45) is 0 Å². The predicted molar refractivity (Wildman–Crippen MR) is 111 cm³/mol. The van der Waals surface area contributed by atoms with Crippen LogP contribution in [0.3, 0.4) is 0 Å². The van der Waals surface area contributed by atoms with Crippen molar-refractivity contribution in [1.82, 2.24) is 9.97 Å². The Morgan fingerprint density at radius 1 is 0.920 bits per heavy atom. The van der Waals surface area contributed by atoms with Gasteiger partial charge in [0.15, 0.2) is 5.13 Å². The summed E-state index contributed by atoms with van der Waals surface area (Å²) in [5.41, 5.74) is 2.23. The SMILES string of the molecule is Brc1ccc2nc(N3CCC(c4nc5ccccc5s4)CC3)sc2c1. The van der Waals surface area contributed by atoms with E-state index in [9.17, 15) is 0 Å². The van der Waals surface area contributed by atoms with Crippen molar-refractivity contribution in [3.8, 4) is 0 Å². The second kappa shape index (κ2) is 6.34. The van der Waals surface area contributed by atoms with Crippen LogP contribution in [0.5, 0.6) is 0 Å². The Kier molecular flexibility index (Phi) is 3.99. The van der Waals surface area contributed by atoms with Crippen LogP contribution >= 0.6 is 38.6 Å². The number of halogens is 1. The first kappa shape index (κ1) is 15.7. The van der Waals surface area contributed by atoms with E-state index in [0.717, 1.165) is 46.6 Å². The van der Waals surface area contributed by atoms with Crippen LogP contribution in [0.15, 0.2) is 46.9 Å². The number of anilines is 1. The summed E-state index contributed by atoms with van der Waals surface area (Å²) in [4.78, 5) is 12.1. The maximum Gasteiger partial charge on any atom is 0.186 e. The van der Waals surface area contributed by atoms with E-state index in [1.807, 2.05) is 11.3 Å². The minimum absolute atomic E-state index is 0.581. The van der Waals surface area contributed by atoms with E-state index >= 15 is 0 Å². The Morgan fingerprint density at radius 2 is 1.72 bits per heavy atom. The molecule has 0 saturated carbocycles. The van der Waals surface area contributed by atoms with Crippen LogP contribution in [0.1, 0.15) is 23.8 Å². The Labute approximate surface area is 162 Å². The number of fused-ring (bicyclic) bond motifs is 2. The highest BCUT2D eigenvalue weighted by molar-refractivity contribution is 9.10. The maximum atomic E-state index is 4.86. The Hall–Kier alpha value is -1.50. The summed E-state index contributed by atoms with van der Waals surface area (Å²) < 4.78 is 3.67. The second-order valence-corrected chi connectivity index (χ2v) is 9.38. The van der Waals surface area contributed by atoms with Gasteiger partial charge in [0.1, 0.15) is 0 Å². The van der Waals surface area contributed by atoms with Crippen LogP contribution in [-0.2, 0) is 0 Å².